The number of benzene rings is 1. The van der Waals surface area contributed by atoms with Gasteiger partial charge in [-0.1, -0.05) is 12.1 Å². The van der Waals surface area contributed by atoms with Gasteiger partial charge in [0.1, 0.15) is 5.82 Å². The van der Waals surface area contributed by atoms with Crippen LogP contribution in [0.15, 0.2) is 48.8 Å². The first-order valence-electron chi connectivity index (χ1n) is 7.87. The van der Waals surface area contributed by atoms with Crippen molar-refractivity contribution in [3.63, 3.8) is 0 Å². The summed E-state index contributed by atoms with van der Waals surface area (Å²) in [5.74, 6) is 1.90. The molecule has 1 aliphatic rings. The molecule has 1 aromatic carbocycles. The molecule has 0 N–H and O–H groups in total. The zero-order valence-electron chi connectivity index (χ0n) is 13.1. The lowest BCUT2D eigenvalue weighted by Crippen LogP contribution is -2.33. The Balaban J connectivity index is 1.50. The normalized spacial score (nSPS) is 14.1. The molecule has 2 aromatic heterocycles. The van der Waals surface area contributed by atoms with Crippen molar-refractivity contribution in [2.45, 2.75) is 19.6 Å². The number of fused-ring (bicyclic) bond motifs is 1. The number of pyridine rings is 1. The van der Waals surface area contributed by atoms with E-state index in [4.69, 9.17) is 5.26 Å². The number of nitriles is 1. The summed E-state index contributed by atoms with van der Waals surface area (Å²) in [5.41, 5.74) is 2.94. The molecular formula is C18H16N6. The van der Waals surface area contributed by atoms with E-state index in [0.29, 0.717) is 5.56 Å². The molecule has 0 bridgehead atoms. The van der Waals surface area contributed by atoms with E-state index in [9.17, 15) is 0 Å². The summed E-state index contributed by atoms with van der Waals surface area (Å²) in [6.45, 7) is 3.45. The molecule has 0 unspecified atom stereocenters. The second-order valence-corrected chi connectivity index (χ2v) is 5.85. The quantitative estimate of drug-likeness (QED) is 0.741. The summed E-state index contributed by atoms with van der Waals surface area (Å²) in [6.07, 6.45) is 3.55. The summed E-state index contributed by atoms with van der Waals surface area (Å²) < 4.78 is 2.19. The van der Waals surface area contributed by atoms with Crippen molar-refractivity contribution in [1.29, 1.82) is 5.26 Å². The minimum atomic E-state index is 0.694. The molecule has 3 aromatic rings. The van der Waals surface area contributed by atoms with Gasteiger partial charge in [0.05, 0.1) is 18.2 Å². The Morgan fingerprint density at radius 1 is 1.00 bits per heavy atom. The first-order chi connectivity index (χ1) is 11.8. The number of nitrogens with zero attached hydrogens (tertiary/aromatic N) is 6. The van der Waals surface area contributed by atoms with Crippen LogP contribution in [0.5, 0.6) is 0 Å². The van der Waals surface area contributed by atoms with Crippen LogP contribution < -0.4 is 0 Å². The van der Waals surface area contributed by atoms with Crippen LogP contribution in [0, 0.1) is 11.3 Å². The SMILES string of the molecule is N#Cc1ccc(CN2CCn3c(nnc3-c3ccncc3)C2)cc1. The van der Waals surface area contributed by atoms with Gasteiger partial charge in [0.15, 0.2) is 5.82 Å². The fourth-order valence-electron chi connectivity index (χ4n) is 3.00. The van der Waals surface area contributed by atoms with Crippen LogP contribution in [0.2, 0.25) is 0 Å². The Bertz CT molecular complexity index is 876. The number of rotatable bonds is 3. The van der Waals surface area contributed by atoms with Crippen molar-refractivity contribution in [3.8, 4) is 17.5 Å². The Kier molecular flexibility index (Phi) is 3.77. The van der Waals surface area contributed by atoms with Crippen LogP contribution in [-0.4, -0.2) is 31.2 Å². The molecule has 6 heteroatoms. The standard InChI is InChI=1S/C18H16N6/c19-11-14-1-3-15(4-2-14)12-23-9-10-24-17(13-23)21-22-18(24)16-5-7-20-8-6-16/h1-8H,9-10,12-13H2. The van der Waals surface area contributed by atoms with E-state index in [1.54, 1.807) is 12.4 Å². The van der Waals surface area contributed by atoms with Gasteiger partial charge in [0.2, 0.25) is 0 Å². The first kappa shape index (κ1) is 14.5. The van der Waals surface area contributed by atoms with E-state index in [1.807, 2.05) is 36.4 Å². The molecule has 24 heavy (non-hydrogen) atoms. The lowest BCUT2D eigenvalue weighted by atomic mass is 10.1. The summed E-state index contributed by atoms with van der Waals surface area (Å²) >= 11 is 0. The maximum absolute atomic E-state index is 8.87. The Labute approximate surface area is 140 Å². The van der Waals surface area contributed by atoms with Crippen molar-refractivity contribution < 1.29 is 0 Å². The average Bonchev–Trinajstić information content (AvgIpc) is 3.06. The molecule has 0 atom stereocenters. The molecular weight excluding hydrogens is 300 g/mol. The molecule has 0 saturated heterocycles. The third-order valence-corrected chi connectivity index (χ3v) is 4.26. The number of hydrogen-bond donors (Lipinski definition) is 0. The predicted octanol–water partition coefficient (Wildman–Crippen LogP) is 2.23. The molecule has 0 amide bonds. The van der Waals surface area contributed by atoms with Crippen LogP contribution in [0.3, 0.4) is 0 Å². The van der Waals surface area contributed by atoms with Crippen LogP contribution in [-0.2, 0) is 19.6 Å². The number of hydrogen-bond acceptors (Lipinski definition) is 5. The lowest BCUT2D eigenvalue weighted by Gasteiger charge is -2.27. The Hall–Kier alpha value is -3.04. The molecule has 3 heterocycles. The van der Waals surface area contributed by atoms with E-state index in [-0.39, 0.29) is 0 Å². The van der Waals surface area contributed by atoms with Gasteiger partial charge in [-0.05, 0) is 29.8 Å². The minimum Gasteiger partial charge on any atom is -0.309 e. The molecule has 0 fully saturated rings. The van der Waals surface area contributed by atoms with Gasteiger partial charge in [-0.2, -0.15) is 5.26 Å². The predicted molar refractivity (Wildman–Crippen MR) is 88.5 cm³/mol. The first-order valence-corrected chi connectivity index (χ1v) is 7.87. The summed E-state index contributed by atoms with van der Waals surface area (Å²) in [6, 6.07) is 13.8. The van der Waals surface area contributed by atoms with Crippen LogP contribution in [0.25, 0.3) is 11.4 Å². The van der Waals surface area contributed by atoms with E-state index in [0.717, 1.165) is 43.4 Å². The Morgan fingerprint density at radius 2 is 1.79 bits per heavy atom. The molecule has 1 aliphatic heterocycles. The van der Waals surface area contributed by atoms with Gasteiger partial charge in [0, 0.05) is 37.6 Å². The lowest BCUT2D eigenvalue weighted by molar-refractivity contribution is 0.209. The highest BCUT2D eigenvalue weighted by Gasteiger charge is 2.21. The highest BCUT2D eigenvalue weighted by molar-refractivity contribution is 5.54. The summed E-state index contributed by atoms with van der Waals surface area (Å²) in [7, 11) is 0. The largest absolute Gasteiger partial charge is 0.309 e. The van der Waals surface area contributed by atoms with Gasteiger partial charge in [0.25, 0.3) is 0 Å². The second kappa shape index (κ2) is 6.22. The van der Waals surface area contributed by atoms with Crippen LogP contribution in [0.4, 0.5) is 0 Å². The fraction of sp³-hybridized carbons (Fsp3) is 0.222. The highest BCUT2D eigenvalue weighted by atomic mass is 15.3. The monoisotopic (exact) mass is 316 g/mol. The highest BCUT2D eigenvalue weighted by Crippen LogP contribution is 2.22. The van der Waals surface area contributed by atoms with Crippen molar-refractivity contribution in [1.82, 2.24) is 24.6 Å². The van der Waals surface area contributed by atoms with Gasteiger partial charge in [-0.3, -0.25) is 9.88 Å². The average molecular weight is 316 g/mol. The zero-order valence-corrected chi connectivity index (χ0v) is 13.1. The van der Waals surface area contributed by atoms with Gasteiger partial charge >= 0.3 is 0 Å². The van der Waals surface area contributed by atoms with Crippen molar-refractivity contribution in [2.24, 2.45) is 0 Å². The zero-order chi connectivity index (χ0) is 16.4. The molecule has 118 valence electrons. The molecule has 4 rings (SSSR count). The third-order valence-electron chi connectivity index (χ3n) is 4.26. The maximum atomic E-state index is 8.87. The van der Waals surface area contributed by atoms with Crippen molar-refractivity contribution >= 4 is 0 Å². The van der Waals surface area contributed by atoms with Gasteiger partial charge in [-0.15, -0.1) is 10.2 Å². The summed E-state index contributed by atoms with van der Waals surface area (Å²) in [5, 5.41) is 17.6. The van der Waals surface area contributed by atoms with Crippen LogP contribution >= 0.6 is 0 Å². The Morgan fingerprint density at radius 3 is 2.54 bits per heavy atom. The molecule has 0 spiro atoms. The smallest absolute Gasteiger partial charge is 0.164 e. The molecule has 6 nitrogen and oxygen atoms in total. The van der Waals surface area contributed by atoms with Gasteiger partial charge in [-0.25, -0.2) is 0 Å². The van der Waals surface area contributed by atoms with E-state index in [1.165, 1.54) is 5.56 Å². The number of aromatic nitrogens is 4. The molecule has 0 aliphatic carbocycles. The van der Waals surface area contributed by atoms with E-state index < -0.39 is 0 Å². The summed E-state index contributed by atoms with van der Waals surface area (Å²) in [4.78, 5) is 6.40. The van der Waals surface area contributed by atoms with E-state index in [2.05, 4.69) is 30.7 Å². The molecule has 0 radical (unpaired) electrons. The van der Waals surface area contributed by atoms with E-state index >= 15 is 0 Å². The fourth-order valence-corrected chi connectivity index (χ4v) is 3.00. The van der Waals surface area contributed by atoms with Crippen LogP contribution in [0.1, 0.15) is 17.0 Å². The third kappa shape index (κ3) is 2.77. The van der Waals surface area contributed by atoms with Crippen molar-refractivity contribution in [2.75, 3.05) is 6.54 Å². The minimum absolute atomic E-state index is 0.694. The van der Waals surface area contributed by atoms with Crippen molar-refractivity contribution in [3.05, 3.63) is 65.7 Å². The maximum Gasteiger partial charge on any atom is 0.164 e. The second-order valence-electron chi connectivity index (χ2n) is 5.85. The topological polar surface area (TPSA) is 70.6 Å². The van der Waals surface area contributed by atoms with Gasteiger partial charge < -0.3 is 4.57 Å². The molecule has 0 saturated carbocycles.